The fourth-order valence-electron chi connectivity index (χ4n) is 3.73. The maximum atomic E-state index is 13.3. The van der Waals surface area contributed by atoms with Crippen molar-refractivity contribution < 1.29 is 19.1 Å². The number of nitrogens with two attached hydrogens (primary N) is 1. The third-order valence-electron chi connectivity index (χ3n) is 5.38. The van der Waals surface area contributed by atoms with Crippen LogP contribution in [0.15, 0.2) is 41.4 Å². The Balaban J connectivity index is 1.79. The number of hydrogen-bond donors (Lipinski definition) is 3. The number of carbonyl (C=O) groups is 2. The summed E-state index contributed by atoms with van der Waals surface area (Å²) in [5, 5.41) is 5.87. The molecule has 3 rings (SSSR count). The average Bonchev–Trinajstić information content (AvgIpc) is 3.30. The fourth-order valence-corrected chi connectivity index (χ4v) is 4.26. The lowest BCUT2D eigenvalue weighted by atomic mass is 10.2. The number of guanidine groups is 1. The summed E-state index contributed by atoms with van der Waals surface area (Å²) >= 11 is 12.2. The lowest BCUT2D eigenvalue weighted by Gasteiger charge is -2.26. The van der Waals surface area contributed by atoms with Gasteiger partial charge in [-0.1, -0.05) is 23.2 Å². The molecule has 1 unspecified atom stereocenters. The SMILES string of the molecule is COc1ccc(N2CCCC2C(=O)NC(=NCc2cc(Cl)c(N)c(Cl)c2)NC(=O)OC(C)(C)C)cc1. The van der Waals surface area contributed by atoms with Gasteiger partial charge in [0.05, 0.1) is 29.4 Å². The fraction of sp³-hybridized carbons (Fsp3) is 0.400. The first kappa shape index (κ1) is 27.4. The molecule has 0 radical (unpaired) electrons. The number of amides is 2. The molecule has 0 spiro atoms. The van der Waals surface area contributed by atoms with Gasteiger partial charge in [-0.2, -0.15) is 0 Å². The largest absolute Gasteiger partial charge is 0.497 e. The lowest BCUT2D eigenvalue weighted by molar-refractivity contribution is -0.120. The topological polar surface area (TPSA) is 118 Å². The van der Waals surface area contributed by atoms with Crippen molar-refractivity contribution in [2.75, 3.05) is 24.3 Å². The van der Waals surface area contributed by atoms with E-state index in [4.69, 9.17) is 38.4 Å². The predicted molar refractivity (Wildman–Crippen MR) is 143 cm³/mol. The Hall–Kier alpha value is -3.17. The summed E-state index contributed by atoms with van der Waals surface area (Å²) in [5.41, 5.74) is 6.90. The molecule has 1 atom stereocenters. The molecule has 1 aliphatic heterocycles. The van der Waals surface area contributed by atoms with Crippen molar-refractivity contribution in [3.63, 3.8) is 0 Å². The lowest BCUT2D eigenvalue weighted by Crippen LogP contribution is -2.51. The molecule has 0 aromatic heterocycles. The minimum Gasteiger partial charge on any atom is -0.497 e. The number of hydrogen-bond acceptors (Lipinski definition) is 7. The Labute approximate surface area is 220 Å². The molecule has 2 aromatic carbocycles. The zero-order valence-electron chi connectivity index (χ0n) is 20.7. The normalized spacial score (nSPS) is 16.0. The van der Waals surface area contributed by atoms with E-state index in [2.05, 4.69) is 15.6 Å². The first-order valence-corrected chi connectivity index (χ1v) is 12.2. The van der Waals surface area contributed by atoms with Gasteiger partial charge >= 0.3 is 6.09 Å². The first-order chi connectivity index (χ1) is 17.0. The molecule has 1 saturated heterocycles. The number of nitrogens with one attached hydrogen (secondary N) is 2. The van der Waals surface area contributed by atoms with Crippen molar-refractivity contribution in [2.45, 2.75) is 51.8 Å². The molecule has 36 heavy (non-hydrogen) atoms. The highest BCUT2D eigenvalue weighted by atomic mass is 35.5. The first-order valence-electron chi connectivity index (χ1n) is 11.5. The Morgan fingerprint density at radius 3 is 2.36 bits per heavy atom. The molecule has 1 fully saturated rings. The van der Waals surface area contributed by atoms with Gasteiger partial charge in [0, 0.05) is 12.2 Å². The van der Waals surface area contributed by atoms with E-state index in [1.54, 1.807) is 40.0 Å². The molecular weight excluding hydrogens is 505 g/mol. The molecule has 194 valence electrons. The maximum Gasteiger partial charge on any atom is 0.414 e. The van der Waals surface area contributed by atoms with Gasteiger partial charge in [0.1, 0.15) is 17.4 Å². The number of nitrogen functional groups attached to an aromatic ring is 1. The van der Waals surface area contributed by atoms with Crippen LogP contribution in [-0.4, -0.2) is 43.3 Å². The predicted octanol–water partition coefficient (Wildman–Crippen LogP) is 4.75. The van der Waals surface area contributed by atoms with E-state index in [-0.39, 0.29) is 24.1 Å². The van der Waals surface area contributed by atoms with Crippen molar-refractivity contribution >= 4 is 52.5 Å². The van der Waals surface area contributed by atoms with E-state index in [0.717, 1.165) is 24.4 Å². The molecule has 1 aliphatic rings. The molecule has 2 amide bonds. The summed E-state index contributed by atoms with van der Waals surface area (Å²) < 4.78 is 10.6. The number of carbonyl (C=O) groups excluding carboxylic acids is 2. The van der Waals surface area contributed by atoms with E-state index in [0.29, 0.717) is 22.0 Å². The zero-order chi connectivity index (χ0) is 26.5. The van der Waals surface area contributed by atoms with Crippen LogP contribution < -0.4 is 26.0 Å². The standard InChI is InChI=1S/C25H31Cl2N5O4/c1-25(2,3)36-24(34)31-23(29-14-15-12-18(26)21(28)19(27)13-15)30-22(33)20-6-5-11-32(20)16-7-9-17(35-4)10-8-16/h7-10,12-13,20H,5-6,11,14,28H2,1-4H3,(H2,29,30,31,33,34). The molecule has 0 aliphatic carbocycles. The smallest absolute Gasteiger partial charge is 0.414 e. The summed E-state index contributed by atoms with van der Waals surface area (Å²) in [7, 11) is 1.60. The van der Waals surface area contributed by atoms with Crippen molar-refractivity contribution in [1.29, 1.82) is 0 Å². The van der Waals surface area contributed by atoms with Crippen LogP contribution in [-0.2, 0) is 16.1 Å². The monoisotopic (exact) mass is 535 g/mol. The molecular formula is C25H31Cl2N5O4. The number of halogens is 2. The maximum absolute atomic E-state index is 13.3. The van der Waals surface area contributed by atoms with Crippen molar-refractivity contribution in [3.05, 3.63) is 52.0 Å². The van der Waals surface area contributed by atoms with E-state index in [1.807, 2.05) is 29.2 Å². The van der Waals surface area contributed by atoms with Crippen molar-refractivity contribution in [3.8, 4) is 5.75 Å². The Kier molecular flexibility index (Phi) is 8.92. The van der Waals surface area contributed by atoms with Crippen LogP contribution in [0.1, 0.15) is 39.2 Å². The number of aliphatic imine (C=N–C) groups is 1. The highest BCUT2D eigenvalue weighted by Crippen LogP contribution is 2.29. The average molecular weight is 536 g/mol. The highest BCUT2D eigenvalue weighted by Gasteiger charge is 2.32. The van der Waals surface area contributed by atoms with Crippen LogP contribution in [0.3, 0.4) is 0 Å². The minimum atomic E-state index is -0.742. The summed E-state index contributed by atoms with van der Waals surface area (Å²) in [6.07, 6.45) is 0.757. The van der Waals surface area contributed by atoms with Crippen LogP contribution in [0.25, 0.3) is 0 Å². The number of nitrogens with zero attached hydrogens (tertiary/aromatic N) is 2. The third-order valence-corrected chi connectivity index (χ3v) is 6.00. The molecule has 1 heterocycles. The Bertz CT molecular complexity index is 1110. The molecule has 11 heteroatoms. The van der Waals surface area contributed by atoms with Gasteiger partial charge < -0.3 is 20.1 Å². The second kappa shape index (κ2) is 11.7. The second-order valence-corrected chi connectivity index (χ2v) is 10.1. The minimum absolute atomic E-state index is 0.0418. The number of methoxy groups -OCH3 is 1. The Morgan fingerprint density at radius 1 is 1.14 bits per heavy atom. The Morgan fingerprint density at radius 2 is 1.78 bits per heavy atom. The highest BCUT2D eigenvalue weighted by molar-refractivity contribution is 6.38. The molecule has 2 aromatic rings. The summed E-state index contributed by atoms with van der Waals surface area (Å²) in [6, 6.07) is 10.3. The molecule has 0 saturated carbocycles. The molecule has 4 N–H and O–H groups in total. The van der Waals surface area contributed by atoms with Crippen molar-refractivity contribution in [2.24, 2.45) is 4.99 Å². The van der Waals surface area contributed by atoms with Crippen LogP contribution in [0.4, 0.5) is 16.2 Å². The van der Waals surface area contributed by atoms with E-state index in [9.17, 15) is 9.59 Å². The van der Waals surface area contributed by atoms with Crippen molar-refractivity contribution in [1.82, 2.24) is 10.6 Å². The van der Waals surface area contributed by atoms with Gasteiger partial charge in [0.25, 0.3) is 0 Å². The van der Waals surface area contributed by atoms with Gasteiger partial charge in [-0.15, -0.1) is 0 Å². The number of ether oxygens (including phenoxy) is 2. The van der Waals surface area contributed by atoms with Crippen LogP contribution in [0.2, 0.25) is 10.0 Å². The van der Waals surface area contributed by atoms with E-state index < -0.39 is 17.7 Å². The zero-order valence-corrected chi connectivity index (χ0v) is 22.2. The van der Waals surface area contributed by atoms with E-state index in [1.165, 1.54) is 0 Å². The third kappa shape index (κ3) is 7.41. The number of anilines is 2. The summed E-state index contributed by atoms with van der Waals surface area (Å²) in [4.78, 5) is 32.1. The van der Waals surface area contributed by atoms with Crippen LogP contribution in [0, 0.1) is 0 Å². The van der Waals surface area contributed by atoms with E-state index >= 15 is 0 Å². The quantitative estimate of drug-likeness (QED) is 0.288. The number of rotatable bonds is 5. The van der Waals surface area contributed by atoms with Crippen LogP contribution in [0.5, 0.6) is 5.75 Å². The van der Waals surface area contributed by atoms with Gasteiger partial charge in [-0.05, 0) is 75.6 Å². The van der Waals surface area contributed by atoms with Crippen LogP contribution >= 0.6 is 23.2 Å². The number of benzene rings is 2. The molecule has 0 bridgehead atoms. The van der Waals surface area contributed by atoms with Gasteiger partial charge in [-0.3, -0.25) is 15.4 Å². The summed E-state index contributed by atoms with van der Waals surface area (Å²) in [6.45, 7) is 6.03. The second-order valence-electron chi connectivity index (χ2n) is 9.30. The van der Waals surface area contributed by atoms with Gasteiger partial charge in [-0.25, -0.2) is 9.79 Å². The summed E-state index contributed by atoms with van der Waals surface area (Å²) in [5.74, 6) is 0.393. The van der Waals surface area contributed by atoms with Gasteiger partial charge in [0.2, 0.25) is 11.9 Å². The van der Waals surface area contributed by atoms with Gasteiger partial charge in [0.15, 0.2) is 0 Å². The molecule has 9 nitrogen and oxygen atoms in total. The number of alkyl carbamates (subject to hydrolysis) is 1.